The number of primary amides is 2. The van der Waals surface area contributed by atoms with Crippen molar-refractivity contribution in [3.8, 4) is 11.5 Å². The van der Waals surface area contributed by atoms with Gasteiger partial charge >= 0.3 is 0 Å². The van der Waals surface area contributed by atoms with Gasteiger partial charge < -0.3 is 86.4 Å². The number of ether oxygens (including phenoxy) is 1. The molecule has 10 amide bonds. The van der Waals surface area contributed by atoms with Gasteiger partial charge in [-0.2, -0.15) is 0 Å². The van der Waals surface area contributed by atoms with Gasteiger partial charge in [0.25, 0.3) is 0 Å². The molecular weight excluding hydrogens is 1160 g/mol. The Hall–Kier alpha value is -8.02. The molecule has 2 aliphatic heterocycles. The molecule has 8 atom stereocenters. The molecule has 0 aromatic heterocycles. The van der Waals surface area contributed by atoms with Crippen molar-refractivity contribution in [2.45, 2.75) is 170 Å². The molecular formula is C57H86N16O12S2. The zero-order valence-corrected chi connectivity index (χ0v) is 51.2. The number of nitrogens with one attached hydrogen (secondary N) is 7. The molecule has 2 aromatic rings. The van der Waals surface area contributed by atoms with Crippen LogP contribution in [-0.2, 0) is 60.8 Å². The van der Waals surface area contributed by atoms with Crippen molar-refractivity contribution in [3.05, 3.63) is 59.7 Å². The van der Waals surface area contributed by atoms with Crippen LogP contribution >= 0.6 is 21.6 Å². The fraction of sp³-hybridized carbons (Fsp3) is 0.579. The van der Waals surface area contributed by atoms with Crippen LogP contribution in [0.2, 0.25) is 0 Å². The van der Waals surface area contributed by atoms with Gasteiger partial charge in [0.2, 0.25) is 59.1 Å². The zero-order valence-electron chi connectivity index (χ0n) is 49.5. The van der Waals surface area contributed by atoms with Crippen LogP contribution in [0.3, 0.4) is 0 Å². The van der Waals surface area contributed by atoms with E-state index in [0.29, 0.717) is 42.7 Å². The van der Waals surface area contributed by atoms with Crippen molar-refractivity contribution < 1.29 is 57.8 Å². The van der Waals surface area contributed by atoms with Crippen molar-refractivity contribution in [2.24, 2.45) is 50.3 Å². The first-order chi connectivity index (χ1) is 41.4. The third-order valence-corrected chi connectivity index (χ3v) is 18.3. The van der Waals surface area contributed by atoms with E-state index < -0.39 is 124 Å². The number of nitrogens with two attached hydrogens (primary N) is 6. The predicted molar refractivity (Wildman–Crippen MR) is 330 cm³/mol. The molecule has 478 valence electrons. The third-order valence-electron chi connectivity index (χ3n) is 15.0. The van der Waals surface area contributed by atoms with Gasteiger partial charge in [-0.1, -0.05) is 79.0 Å². The normalized spacial score (nSPS) is 22.2. The Morgan fingerprint density at radius 3 is 1.98 bits per heavy atom. The second-order valence-electron chi connectivity index (χ2n) is 22.3. The Bertz CT molecular complexity index is 2780. The topological polar surface area (TPSA) is 468 Å². The number of aliphatic imine (C=N–C) groups is 2. The van der Waals surface area contributed by atoms with E-state index in [4.69, 9.17) is 39.1 Å². The lowest BCUT2D eigenvalue weighted by Gasteiger charge is -2.37. The minimum atomic E-state index is -1.70. The van der Waals surface area contributed by atoms with Gasteiger partial charge in [0.15, 0.2) is 11.9 Å². The summed E-state index contributed by atoms with van der Waals surface area (Å²) in [6.45, 7) is 5.67. The van der Waals surface area contributed by atoms with E-state index in [0.717, 1.165) is 19.3 Å². The van der Waals surface area contributed by atoms with E-state index in [2.05, 4.69) is 47.2 Å². The number of hydrogen-bond donors (Lipinski definition) is 14. The molecule has 0 bridgehead atoms. The number of phenolic OH excluding ortho intramolecular Hbond substituents is 1. The van der Waals surface area contributed by atoms with Crippen LogP contribution in [0, 0.1) is 5.92 Å². The van der Waals surface area contributed by atoms with Crippen LogP contribution in [0.4, 0.5) is 0 Å². The molecule has 1 spiro atoms. The molecule has 2 aromatic carbocycles. The molecule has 2 saturated heterocycles. The SMILES string of the molecule is CCOc1ccc(CC2NC(=O)CC3(CCCCC3)SSCC(C(=O)N3CCC[C@H]3C(=O)N[C@@H](CCCN=C(N)N)C(=O)N[C@@H](Cc3ccc(O)cc3)C(N)=O)NC(=O)[C@H](CC(N)=O)NC(=O)[C@H](C(C)C)NC(=O)C(CCCN=C(N)N)NC2=O)cc1. The van der Waals surface area contributed by atoms with E-state index >= 15 is 4.79 Å². The number of carbonyl (C=O) groups is 10. The summed E-state index contributed by atoms with van der Waals surface area (Å²) in [6, 6.07) is 2.12. The third kappa shape index (κ3) is 22.6. The minimum absolute atomic E-state index is 0.00358. The van der Waals surface area contributed by atoms with Crippen LogP contribution in [0.15, 0.2) is 58.5 Å². The lowest BCUT2D eigenvalue weighted by atomic mass is 9.85. The largest absolute Gasteiger partial charge is 0.508 e. The van der Waals surface area contributed by atoms with Crippen LogP contribution in [0.1, 0.15) is 115 Å². The highest BCUT2D eigenvalue weighted by atomic mass is 33.1. The first-order valence-electron chi connectivity index (χ1n) is 29.3. The number of guanidine groups is 2. The Kier molecular flexibility index (Phi) is 27.5. The molecule has 1 aliphatic carbocycles. The molecule has 3 unspecified atom stereocenters. The number of hydrogen-bond acceptors (Lipinski definition) is 16. The Morgan fingerprint density at radius 1 is 0.736 bits per heavy atom. The quantitative estimate of drug-likeness (QED) is 0.0263. The van der Waals surface area contributed by atoms with E-state index in [1.165, 1.54) is 38.6 Å². The number of carbonyl (C=O) groups excluding carboxylic acids is 10. The Labute approximate surface area is 514 Å². The maximum absolute atomic E-state index is 15.2. The zero-order chi connectivity index (χ0) is 63.8. The van der Waals surface area contributed by atoms with E-state index in [1.54, 1.807) is 50.2 Å². The lowest BCUT2D eigenvalue weighted by molar-refractivity contribution is -0.142. The van der Waals surface area contributed by atoms with Crippen molar-refractivity contribution in [2.75, 3.05) is 32.0 Å². The highest BCUT2D eigenvalue weighted by Crippen LogP contribution is 2.48. The summed E-state index contributed by atoms with van der Waals surface area (Å²) in [5.41, 5.74) is 34.9. The molecule has 20 N–H and O–H groups in total. The standard InChI is InChI=1S/C57H86N16O12S2/c1-4-85-36-20-16-34(17-21-36)28-40-50(80)67-38(12-9-25-65-56(62)63)49(79)72-46(32(2)3)53(83)70-41(29-44(58)75)51(81)71-42(31-86-87-57(30-45(76)66-40)22-6-5-7-23-57)54(84)73-26-10-13-43(73)52(82)68-37(11-8-24-64-55(60)61)48(78)69-39(47(59)77)27-33-14-18-35(74)19-15-33/h14-21,32,37-43,46,74H,4-13,22-31H2,1-3H3,(H2,58,75)(H2,59,77)(H,66,76)(H,67,80)(H,68,82)(H,69,78)(H,70,83)(H,71,81)(H,72,79)(H4,60,61,64)(H4,62,63,65)/t37-,38?,39-,40?,41-,42?,43-,46-/m0/s1. The average Bonchev–Trinajstić information content (AvgIpc) is 2.32. The minimum Gasteiger partial charge on any atom is -0.508 e. The number of likely N-dealkylation sites (tertiary alicyclic amines) is 1. The Morgan fingerprint density at radius 2 is 1.36 bits per heavy atom. The molecule has 87 heavy (non-hydrogen) atoms. The van der Waals surface area contributed by atoms with Gasteiger partial charge in [0.1, 0.15) is 59.8 Å². The first-order valence-corrected chi connectivity index (χ1v) is 31.6. The second kappa shape index (κ2) is 34.4. The van der Waals surface area contributed by atoms with Gasteiger partial charge in [0, 0.05) is 49.4 Å². The van der Waals surface area contributed by atoms with Crippen LogP contribution in [-0.4, -0.2) is 166 Å². The van der Waals surface area contributed by atoms with Gasteiger partial charge in [-0.3, -0.25) is 57.9 Å². The average molecular weight is 1250 g/mol. The molecule has 28 nitrogen and oxygen atoms in total. The molecule has 1 saturated carbocycles. The van der Waals surface area contributed by atoms with Gasteiger partial charge in [-0.25, -0.2) is 0 Å². The summed E-state index contributed by atoms with van der Waals surface area (Å²) in [5.74, 6) is -8.66. The van der Waals surface area contributed by atoms with E-state index in [9.17, 15) is 48.3 Å². The van der Waals surface area contributed by atoms with Crippen LogP contribution < -0.4 is 76.4 Å². The molecule has 5 rings (SSSR count). The fourth-order valence-corrected chi connectivity index (χ4v) is 13.8. The summed E-state index contributed by atoms with van der Waals surface area (Å²) < 4.78 is 4.88. The van der Waals surface area contributed by atoms with Crippen molar-refractivity contribution in [3.63, 3.8) is 0 Å². The summed E-state index contributed by atoms with van der Waals surface area (Å²) in [7, 11) is 2.54. The molecule has 3 fully saturated rings. The number of rotatable bonds is 23. The van der Waals surface area contributed by atoms with Crippen LogP contribution in [0.25, 0.3) is 0 Å². The highest BCUT2D eigenvalue weighted by molar-refractivity contribution is 8.77. The lowest BCUT2D eigenvalue weighted by Crippen LogP contribution is -2.61. The molecule has 30 heteroatoms. The summed E-state index contributed by atoms with van der Waals surface area (Å²) >= 11 is 0. The van der Waals surface area contributed by atoms with Gasteiger partial charge in [0.05, 0.1) is 13.0 Å². The number of amides is 10. The van der Waals surface area contributed by atoms with Crippen molar-refractivity contribution in [1.82, 2.24) is 42.1 Å². The number of phenols is 1. The second-order valence-corrected chi connectivity index (χ2v) is 25.1. The van der Waals surface area contributed by atoms with E-state index in [-0.39, 0.29) is 94.4 Å². The van der Waals surface area contributed by atoms with Crippen molar-refractivity contribution in [1.29, 1.82) is 0 Å². The highest BCUT2D eigenvalue weighted by Gasteiger charge is 2.43. The number of aromatic hydroxyl groups is 1. The molecule has 2 heterocycles. The summed E-state index contributed by atoms with van der Waals surface area (Å²) in [6.07, 6.45) is 3.40. The first kappa shape index (κ1) is 69.7. The number of nitrogens with zero attached hydrogens (tertiary/aromatic N) is 3. The molecule has 0 radical (unpaired) electrons. The van der Waals surface area contributed by atoms with Gasteiger partial charge in [-0.05, 0) is 99.6 Å². The summed E-state index contributed by atoms with van der Waals surface area (Å²) in [4.78, 5) is 151. The number of benzene rings is 2. The van der Waals surface area contributed by atoms with Gasteiger partial charge in [-0.15, -0.1) is 0 Å². The molecule has 3 aliphatic rings. The summed E-state index contributed by atoms with van der Waals surface area (Å²) in [5, 5.41) is 28.9. The fourth-order valence-electron chi connectivity index (χ4n) is 10.4. The van der Waals surface area contributed by atoms with Crippen LogP contribution in [0.5, 0.6) is 11.5 Å². The smallest absolute Gasteiger partial charge is 0.246 e. The monoisotopic (exact) mass is 1250 g/mol. The maximum atomic E-state index is 15.2. The van der Waals surface area contributed by atoms with Crippen molar-refractivity contribution >= 4 is 92.6 Å². The predicted octanol–water partition coefficient (Wildman–Crippen LogP) is -1.43. The Balaban J connectivity index is 1.50. The maximum Gasteiger partial charge on any atom is 0.246 e. The van der Waals surface area contributed by atoms with E-state index in [1.807, 2.05) is 6.92 Å².